The molecule has 0 aromatic heterocycles. The predicted octanol–water partition coefficient (Wildman–Crippen LogP) is 3.13. The molecule has 2 N–H and O–H groups in total. The van der Waals surface area contributed by atoms with Gasteiger partial charge in [0.15, 0.2) is 0 Å². The van der Waals surface area contributed by atoms with Crippen molar-refractivity contribution in [3.05, 3.63) is 35.4 Å². The van der Waals surface area contributed by atoms with E-state index in [-0.39, 0.29) is 12.1 Å². The molecule has 22 heavy (non-hydrogen) atoms. The van der Waals surface area contributed by atoms with E-state index in [0.29, 0.717) is 12.5 Å². The van der Waals surface area contributed by atoms with E-state index in [1.54, 1.807) is 0 Å². The standard InChI is InChI=1S/C18H29N3O/c1-4-21(5-2)13-17-9-7-6-8-16(17)12-19-18(22)20-14(3)15-10-11-15/h6-9,14-15H,4-5,10-13H2,1-3H3,(H2,19,20,22). The van der Waals surface area contributed by atoms with Gasteiger partial charge in [-0.3, -0.25) is 4.90 Å². The van der Waals surface area contributed by atoms with Gasteiger partial charge in [-0.25, -0.2) is 4.79 Å². The van der Waals surface area contributed by atoms with Crippen LogP contribution in [0.4, 0.5) is 4.79 Å². The van der Waals surface area contributed by atoms with Crippen LogP contribution in [0.2, 0.25) is 0 Å². The zero-order chi connectivity index (χ0) is 15.9. The molecule has 1 atom stereocenters. The van der Waals surface area contributed by atoms with E-state index in [1.807, 2.05) is 6.07 Å². The Kier molecular flexibility index (Phi) is 6.25. The molecule has 0 saturated heterocycles. The van der Waals surface area contributed by atoms with E-state index in [2.05, 4.69) is 54.5 Å². The summed E-state index contributed by atoms with van der Waals surface area (Å²) in [5.41, 5.74) is 2.49. The summed E-state index contributed by atoms with van der Waals surface area (Å²) < 4.78 is 0. The Bertz CT molecular complexity index is 481. The number of benzene rings is 1. The highest BCUT2D eigenvalue weighted by molar-refractivity contribution is 5.74. The minimum atomic E-state index is -0.0583. The van der Waals surface area contributed by atoms with Crippen LogP contribution in [0.5, 0.6) is 0 Å². The SMILES string of the molecule is CCN(CC)Cc1ccccc1CNC(=O)NC(C)C1CC1. The molecule has 2 rings (SSSR count). The zero-order valence-electron chi connectivity index (χ0n) is 14.1. The summed E-state index contributed by atoms with van der Waals surface area (Å²) in [6.45, 7) is 10.0. The molecule has 0 heterocycles. The van der Waals surface area contributed by atoms with Crippen molar-refractivity contribution in [3.63, 3.8) is 0 Å². The Hall–Kier alpha value is -1.55. The number of hydrogen-bond donors (Lipinski definition) is 2. The lowest BCUT2D eigenvalue weighted by Gasteiger charge is -2.20. The van der Waals surface area contributed by atoms with E-state index < -0.39 is 0 Å². The van der Waals surface area contributed by atoms with Crippen molar-refractivity contribution < 1.29 is 4.79 Å². The third-order valence-corrected chi connectivity index (χ3v) is 4.53. The second-order valence-corrected chi connectivity index (χ2v) is 6.18. The molecular formula is C18H29N3O. The number of carbonyl (C=O) groups is 1. The molecule has 1 aliphatic carbocycles. The maximum atomic E-state index is 12.0. The van der Waals surface area contributed by atoms with Gasteiger partial charge in [0.2, 0.25) is 0 Å². The number of amides is 2. The van der Waals surface area contributed by atoms with Crippen molar-refractivity contribution in [2.75, 3.05) is 13.1 Å². The fourth-order valence-electron chi connectivity index (χ4n) is 2.72. The van der Waals surface area contributed by atoms with Crippen LogP contribution in [0.25, 0.3) is 0 Å². The van der Waals surface area contributed by atoms with Crippen LogP contribution in [-0.2, 0) is 13.1 Å². The molecule has 0 aliphatic heterocycles. The average Bonchev–Trinajstić information content (AvgIpc) is 3.36. The summed E-state index contributed by atoms with van der Waals surface area (Å²) in [5, 5.41) is 6.03. The maximum Gasteiger partial charge on any atom is 0.315 e. The van der Waals surface area contributed by atoms with Gasteiger partial charge in [-0.1, -0.05) is 38.1 Å². The first kappa shape index (κ1) is 16.8. The van der Waals surface area contributed by atoms with Crippen LogP contribution in [0.3, 0.4) is 0 Å². The van der Waals surface area contributed by atoms with E-state index in [4.69, 9.17) is 0 Å². The summed E-state index contributed by atoms with van der Waals surface area (Å²) in [6, 6.07) is 8.58. The topological polar surface area (TPSA) is 44.4 Å². The fourth-order valence-corrected chi connectivity index (χ4v) is 2.72. The van der Waals surface area contributed by atoms with Crippen LogP contribution >= 0.6 is 0 Å². The molecule has 0 spiro atoms. The normalized spacial score (nSPS) is 15.6. The maximum absolute atomic E-state index is 12.0. The van der Waals surface area contributed by atoms with Crippen molar-refractivity contribution in [3.8, 4) is 0 Å². The highest BCUT2D eigenvalue weighted by Crippen LogP contribution is 2.32. The van der Waals surface area contributed by atoms with E-state index in [1.165, 1.54) is 24.0 Å². The Labute approximate surface area is 134 Å². The van der Waals surface area contributed by atoms with E-state index >= 15 is 0 Å². The Balaban J connectivity index is 1.87. The monoisotopic (exact) mass is 303 g/mol. The molecule has 1 fully saturated rings. The fraction of sp³-hybridized carbons (Fsp3) is 0.611. The Morgan fingerprint density at radius 3 is 2.45 bits per heavy atom. The van der Waals surface area contributed by atoms with Gasteiger partial charge in [0.25, 0.3) is 0 Å². The molecule has 1 unspecified atom stereocenters. The lowest BCUT2D eigenvalue weighted by Crippen LogP contribution is -2.41. The molecule has 0 radical (unpaired) electrons. The summed E-state index contributed by atoms with van der Waals surface area (Å²) in [5.74, 6) is 0.681. The first-order chi connectivity index (χ1) is 10.6. The van der Waals surface area contributed by atoms with Crippen LogP contribution in [0, 0.1) is 5.92 Å². The first-order valence-corrected chi connectivity index (χ1v) is 8.47. The van der Waals surface area contributed by atoms with Crippen molar-refractivity contribution in [2.24, 2.45) is 5.92 Å². The average molecular weight is 303 g/mol. The molecule has 0 bridgehead atoms. The smallest absolute Gasteiger partial charge is 0.315 e. The van der Waals surface area contributed by atoms with E-state index in [9.17, 15) is 4.79 Å². The summed E-state index contributed by atoms with van der Waals surface area (Å²) >= 11 is 0. The predicted molar refractivity (Wildman–Crippen MR) is 90.6 cm³/mol. The van der Waals surface area contributed by atoms with Gasteiger partial charge < -0.3 is 10.6 Å². The van der Waals surface area contributed by atoms with Gasteiger partial charge in [0.1, 0.15) is 0 Å². The van der Waals surface area contributed by atoms with Gasteiger partial charge in [-0.2, -0.15) is 0 Å². The molecule has 1 saturated carbocycles. The van der Waals surface area contributed by atoms with Crippen LogP contribution in [0.15, 0.2) is 24.3 Å². The molecule has 1 aromatic carbocycles. The van der Waals surface area contributed by atoms with Crippen LogP contribution in [-0.4, -0.2) is 30.1 Å². The highest BCUT2D eigenvalue weighted by Gasteiger charge is 2.28. The van der Waals surface area contributed by atoms with Crippen LogP contribution < -0.4 is 10.6 Å². The number of urea groups is 1. The van der Waals surface area contributed by atoms with Crippen molar-refractivity contribution in [1.29, 1.82) is 0 Å². The third-order valence-electron chi connectivity index (χ3n) is 4.53. The number of nitrogens with zero attached hydrogens (tertiary/aromatic N) is 1. The minimum absolute atomic E-state index is 0.0583. The summed E-state index contributed by atoms with van der Waals surface area (Å²) in [7, 11) is 0. The van der Waals surface area contributed by atoms with Gasteiger partial charge >= 0.3 is 6.03 Å². The van der Waals surface area contributed by atoms with Crippen molar-refractivity contribution in [1.82, 2.24) is 15.5 Å². The molecule has 4 nitrogen and oxygen atoms in total. The molecular weight excluding hydrogens is 274 g/mol. The van der Waals surface area contributed by atoms with Crippen LogP contribution in [0.1, 0.15) is 44.7 Å². The third kappa shape index (κ3) is 5.02. The van der Waals surface area contributed by atoms with Gasteiger partial charge in [-0.15, -0.1) is 0 Å². The van der Waals surface area contributed by atoms with Gasteiger partial charge in [-0.05, 0) is 49.9 Å². The molecule has 4 heteroatoms. The number of hydrogen-bond acceptors (Lipinski definition) is 2. The van der Waals surface area contributed by atoms with E-state index in [0.717, 1.165) is 19.6 Å². The molecule has 1 aromatic rings. The minimum Gasteiger partial charge on any atom is -0.335 e. The van der Waals surface area contributed by atoms with Crippen molar-refractivity contribution in [2.45, 2.75) is 52.7 Å². The van der Waals surface area contributed by atoms with Gasteiger partial charge in [0, 0.05) is 19.1 Å². The lowest BCUT2D eigenvalue weighted by atomic mass is 10.1. The highest BCUT2D eigenvalue weighted by atomic mass is 16.2. The number of rotatable bonds is 8. The molecule has 1 aliphatic rings. The largest absolute Gasteiger partial charge is 0.335 e. The van der Waals surface area contributed by atoms with Gasteiger partial charge in [0.05, 0.1) is 0 Å². The molecule has 122 valence electrons. The molecule has 2 amide bonds. The Morgan fingerprint density at radius 1 is 1.23 bits per heavy atom. The Morgan fingerprint density at radius 2 is 1.86 bits per heavy atom. The quantitative estimate of drug-likeness (QED) is 0.775. The zero-order valence-corrected chi connectivity index (χ0v) is 14.1. The second kappa shape index (κ2) is 8.18. The first-order valence-electron chi connectivity index (χ1n) is 8.47. The lowest BCUT2D eigenvalue weighted by molar-refractivity contribution is 0.236. The summed E-state index contributed by atoms with van der Waals surface area (Å²) in [6.07, 6.45) is 2.49. The van der Waals surface area contributed by atoms with Crippen molar-refractivity contribution >= 4 is 6.03 Å². The second-order valence-electron chi connectivity index (χ2n) is 6.18. The number of nitrogens with one attached hydrogen (secondary N) is 2. The number of carbonyl (C=O) groups excluding carboxylic acids is 1. The summed E-state index contributed by atoms with van der Waals surface area (Å²) in [4.78, 5) is 14.4.